The van der Waals surface area contributed by atoms with E-state index in [0.29, 0.717) is 4.31 Å². The largest absolute Gasteiger partial charge is 0.443 e. The lowest BCUT2D eigenvalue weighted by Crippen LogP contribution is -2.45. The molecule has 0 bridgehead atoms. The molecule has 0 spiro atoms. The van der Waals surface area contributed by atoms with Gasteiger partial charge in [-0.05, 0) is 27.7 Å². The highest BCUT2D eigenvalue weighted by Crippen LogP contribution is 2.25. The Balaban J connectivity index is 2.95. The highest BCUT2D eigenvalue weighted by molar-refractivity contribution is 7.85. The van der Waals surface area contributed by atoms with E-state index in [-0.39, 0.29) is 6.61 Å². The van der Waals surface area contributed by atoms with E-state index >= 15 is 0 Å². The molecule has 6 nitrogen and oxygen atoms in total. The van der Waals surface area contributed by atoms with Crippen molar-refractivity contribution in [3.8, 4) is 0 Å². The Labute approximate surface area is 99.9 Å². The molecule has 1 fully saturated rings. The first-order chi connectivity index (χ1) is 7.54. The van der Waals surface area contributed by atoms with Crippen LogP contribution in [0.2, 0.25) is 0 Å². The Bertz CT molecular complexity index is 400. The number of ether oxygens (including phenoxy) is 1. The summed E-state index contributed by atoms with van der Waals surface area (Å²) in [6.45, 7) is 5.53. The molecule has 0 N–H and O–H groups in total. The van der Waals surface area contributed by atoms with E-state index in [1.54, 1.807) is 20.8 Å². The number of hydrogen-bond acceptors (Lipinski definition) is 5. The van der Waals surface area contributed by atoms with Gasteiger partial charge in [0.15, 0.2) is 0 Å². The Kier molecular flexibility index (Phi) is 3.68. The van der Waals surface area contributed by atoms with Crippen LogP contribution in [0.25, 0.3) is 0 Å². The summed E-state index contributed by atoms with van der Waals surface area (Å²) in [6.07, 6.45) is -2.65. The molecule has 1 aliphatic heterocycles. The minimum Gasteiger partial charge on any atom is -0.443 e. The normalized spacial score (nSPS) is 25.7. The van der Waals surface area contributed by atoms with Crippen LogP contribution < -0.4 is 0 Å². The minimum absolute atomic E-state index is 0.322. The second-order valence-electron chi connectivity index (χ2n) is 4.76. The summed E-state index contributed by atoms with van der Waals surface area (Å²) in [5.74, 6) is 0. The molecule has 1 saturated heterocycles. The number of halogens is 1. The van der Waals surface area contributed by atoms with E-state index in [2.05, 4.69) is 4.18 Å². The van der Waals surface area contributed by atoms with Crippen LogP contribution in [0, 0.1) is 0 Å². The molecule has 0 radical (unpaired) electrons. The molecule has 1 heterocycles. The van der Waals surface area contributed by atoms with Crippen LogP contribution in [0.5, 0.6) is 0 Å². The summed E-state index contributed by atoms with van der Waals surface area (Å²) < 4.78 is 45.7. The second-order valence-corrected chi connectivity index (χ2v) is 6.25. The van der Waals surface area contributed by atoms with Crippen molar-refractivity contribution in [3.05, 3.63) is 0 Å². The van der Waals surface area contributed by atoms with Crippen LogP contribution in [0.15, 0.2) is 0 Å². The fourth-order valence-electron chi connectivity index (χ4n) is 1.30. The maximum atomic E-state index is 13.2. The van der Waals surface area contributed by atoms with Gasteiger partial charge in [0.2, 0.25) is 0 Å². The molecule has 1 rings (SSSR count). The van der Waals surface area contributed by atoms with Gasteiger partial charge in [-0.25, -0.2) is 9.18 Å². The van der Waals surface area contributed by atoms with Gasteiger partial charge in [-0.2, -0.15) is 12.7 Å². The Morgan fingerprint density at radius 3 is 2.47 bits per heavy atom. The average Bonchev–Trinajstić information content (AvgIpc) is 2.37. The van der Waals surface area contributed by atoms with E-state index in [1.165, 1.54) is 0 Å². The van der Waals surface area contributed by atoms with Crippen LogP contribution in [0.3, 0.4) is 0 Å². The molecule has 100 valence electrons. The number of carbonyl (C=O) groups is 1. The van der Waals surface area contributed by atoms with Crippen molar-refractivity contribution in [1.29, 1.82) is 0 Å². The van der Waals surface area contributed by atoms with Crippen LogP contribution >= 0.6 is 0 Å². The number of hydrogen-bond donors (Lipinski definition) is 0. The third-order valence-corrected chi connectivity index (χ3v) is 3.37. The van der Waals surface area contributed by atoms with Gasteiger partial charge in [-0.15, -0.1) is 0 Å². The monoisotopic (exact) mass is 269 g/mol. The Morgan fingerprint density at radius 1 is 1.53 bits per heavy atom. The molecule has 8 heteroatoms. The van der Waals surface area contributed by atoms with Crippen molar-refractivity contribution in [2.24, 2.45) is 0 Å². The summed E-state index contributed by atoms with van der Waals surface area (Å²) in [4.78, 5) is 11.7. The Morgan fingerprint density at radius 2 is 2.06 bits per heavy atom. The Hall–Kier alpha value is -0.890. The minimum atomic E-state index is -4.23. The fraction of sp³-hybridized carbons (Fsp3) is 0.889. The number of nitrogens with zero attached hydrogens (tertiary/aromatic N) is 1. The molecule has 1 aliphatic rings. The molecule has 17 heavy (non-hydrogen) atoms. The van der Waals surface area contributed by atoms with E-state index < -0.39 is 34.2 Å². The van der Waals surface area contributed by atoms with E-state index in [9.17, 15) is 17.6 Å². The zero-order valence-electron chi connectivity index (χ0n) is 10.1. The third-order valence-electron chi connectivity index (χ3n) is 2.03. The molecule has 0 saturated carbocycles. The number of amides is 1. The predicted molar refractivity (Wildman–Crippen MR) is 57.3 cm³/mol. The van der Waals surface area contributed by atoms with Crippen molar-refractivity contribution in [3.63, 3.8) is 0 Å². The van der Waals surface area contributed by atoms with Gasteiger partial charge in [0.1, 0.15) is 17.8 Å². The summed E-state index contributed by atoms with van der Waals surface area (Å²) in [5.41, 5.74) is -0.862. The zero-order valence-corrected chi connectivity index (χ0v) is 11.0. The van der Waals surface area contributed by atoms with Gasteiger partial charge < -0.3 is 4.74 Å². The van der Waals surface area contributed by atoms with Gasteiger partial charge >= 0.3 is 16.4 Å². The zero-order chi connectivity index (χ0) is 13.4. The lowest BCUT2D eigenvalue weighted by Gasteiger charge is -2.26. The van der Waals surface area contributed by atoms with Gasteiger partial charge in [0.25, 0.3) is 0 Å². The highest BCUT2D eigenvalue weighted by Gasteiger charge is 2.47. The molecule has 0 aromatic carbocycles. The lowest BCUT2D eigenvalue weighted by molar-refractivity contribution is 0.0308. The topological polar surface area (TPSA) is 72.9 Å². The van der Waals surface area contributed by atoms with Gasteiger partial charge in [0.05, 0.1) is 6.61 Å². The molecule has 0 aliphatic carbocycles. The quantitative estimate of drug-likeness (QED) is 0.715. The smallest absolute Gasteiger partial charge is 0.426 e. The average molecular weight is 269 g/mol. The summed E-state index contributed by atoms with van der Waals surface area (Å²) in [5, 5.41) is 0. The van der Waals surface area contributed by atoms with E-state index in [0.717, 1.165) is 6.92 Å². The number of carbonyl (C=O) groups excluding carboxylic acids is 1. The van der Waals surface area contributed by atoms with E-state index in [4.69, 9.17) is 4.74 Å². The molecule has 0 aromatic heterocycles. The second kappa shape index (κ2) is 4.41. The van der Waals surface area contributed by atoms with Crippen molar-refractivity contribution < 1.29 is 26.5 Å². The van der Waals surface area contributed by atoms with Crippen LogP contribution in [0.4, 0.5) is 9.18 Å². The number of rotatable bonds is 1. The van der Waals surface area contributed by atoms with Gasteiger partial charge in [-0.3, -0.25) is 4.18 Å². The van der Waals surface area contributed by atoms with Gasteiger partial charge in [-0.1, -0.05) is 0 Å². The first kappa shape index (κ1) is 14.2. The van der Waals surface area contributed by atoms with E-state index in [1.807, 2.05) is 0 Å². The molecule has 0 aromatic rings. The molecule has 1 amide bonds. The summed E-state index contributed by atoms with van der Waals surface area (Å²) in [7, 11) is -4.23. The molecule has 2 atom stereocenters. The molecular formula is C9H16FNO5S. The standard InChI is InChI=1S/C9H16FNO5S/c1-6(10)7-5-15-17(13,14)11(7)8(12)16-9(2,3)4/h6-7H,5H2,1-4H3/t6-,7-/m1/s1. The number of alkyl halides is 1. The fourth-order valence-corrected chi connectivity index (χ4v) is 2.50. The van der Waals surface area contributed by atoms with Crippen LogP contribution in [0.1, 0.15) is 27.7 Å². The highest BCUT2D eigenvalue weighted by atomic mass is 32.2. The van der Waals surface area contributed by atoms with Crippen molar-refractivity contribution in [2.45, 2.75) is 45.5 Å². The summed E-state index contributed by atoms with van der Waals surface area (Å²) >= 11 is 0. The van der Waals surface area contributed by atoms with Crippen molar-refractivity contribution in [1.82, 2.24) is 4.31 Å². The lowest BCUT2D eigenvalue weighted by atomic mass is 10.2. The van der Waals surface area contributed by atoms with Crippen LogP contribution in [-0.4, -0.2) is 43.2 Å². The SMILES string of the molecule is C[C@@H](F)[C@H]1COS(=O)(=O)N1C(=O)OC(C)(C)C. The maximum absolute atomic E-state index is 13.2. The predicted octanol–water partition coefficient (Wildman–Crippen LogP) is 1.23. The van der Waals surface area contributed by atoms with Gasteiger partial charge in [0, 0.05) is 0 Å². The van der Waals surface area contributed by atoms with Crippen molar-refractivity contribution >= 4 is 16.4 Å². The summed E-state index contributed by atoms with van der Waals surface area (Å²) in [6, 6.07) is -1.17. The maximum Gasteiger partial charge on any atom is 0.426 e. The molecular weight excluding hydrogens is 253 g/mol. The first-order valence-corrected chi connectivity index (χ1v) is 6.47. The third kappa shape index (κ3) is 3.29. The first-order valence-electron chi connectivity index (χ1n) is 5.10. The van der Waals surface area contributed by atoms with Crippen LogP contribution in [-0.2, 0) is 19.2 Å². The van der Waals surface area contributed by atoms with Crippen molar-refractivity contribution in [2.75, 3.05) is 6.61 Å². The molecule has 0 unspecified atom stereocenters.